The molecule has 104 valence electrons. The molecule has 0 bridgehead atoms. The summed E-state index contributed by atoms with van der Waals surface area (Å²) < 4.78 is 5.09. The Kier molecular flexibility index (Phi) is 13.2. The third-order valence-electron chi connectivity index (χ3n) is 2.63. The van der Waals surface area contributed by atoms with Gasteiger partial charge < -0.3 is 4.74 Å². The van der Waals surface area contributed by atoms with Crippen molar-refractivity contribution >= 4 is 5.97 Å². The first-order chi connectivity index (χ1) is 8.81. The van der Waals surface area contributed by atoms with Crippen molar-refractivity contribution in [2.75, 3.05) is 6.61 Å². The van der Waals surface area contributed by atoms with Crippen LogP contribution < -0.4 is 0 Å². The van der Waals surface area contributed by atoms with Gasteiger partial charge in [-0.1, -0.05) is 57.4 Å². The summed E-state index contributed by atoms with van der Waals surface area (Å²) in [7, 11) is 0. The first-order valence-corrected chi connectivity index (χ1v) is 7.26. The molecule has 0 saturated heterocycles. The lowest BCUT2D eigenvalue weighted by Crippen LogP contribution is -2.03. The molecule has 0 aliphatic rings. The number of unbranched alkanes of at least 4 members (excludes halogenated alkanes) is 4. The van der Waals surface area contributed by atoms with Gasteiger partial charge in [-0.2, -0.15) is 0 Å². The molecule has 0 N–H and O–H groups in total. The number of allylic oxidation sites excluding steroid dienone is 2. The molecular formula is C16H28O2. The number of ether oxygens (including phenoxy) is 1. The highest BCUT2D eigenvalue weighted by atomic mass is 16.5. The molecule has 0 rings (SSSR count). The first-order valence-electron chi connectivity index (χ1n) is 7.26. The lowest BCUT2D eigenvalue weighted by atomic mass is 10.1. The minimum absolute atomic E-state index is 0.129. The second-order valence-electron chi connectivity index (χ2n) is 4.41. The van der Waals surface area contributed by atoms with E-state index in [1.807, 2.05) is 19.1 Å². The van der Waals surface area contributed by atoms with Gasteiger partial charge in [0.25, 0.3) is 0 Å². The molecule has 0 aliphatic heterocycles. The van der Waals surface area contributed by atoms with Crippen LogP contribution in [0.25, 0.3) is 0 Å². The molecule has 0 heterocycles. The number of hydrogen-bond donors (Lipinski definition) is 0. The van der Waals surface area contributed by atoms with Gasteiger partial charge in [0.1, 0.15) is 0 Å². The highest BCUT2D eigenvalue weighted by Crippen LogP contribution is 2.03. The third-order valence-corrected chi connectivity index (χ3v) is 2.63. The minimum atomic E-state index is -0.129. The summed E-state index contributed by atoms with van der Waals surface area (Å²) in [6.45, 7) is 4.78. The van der Waals surface area contributed by atoms with E-state index in [4.69, 9.17) is 4.74 Å². The Labute approximate surface area is 112 Å². The molecule has 2 nitrogen and oxygen atoms in total. The van der Waals surface area contributed by atoms with Crippen LogP contribution in [0.15, 0.2) is 24.3 Å². The van der Waals surface area contributed by atoms with Gasteiger partial charge in [-0.15, -0.1) is 0 Å². The summed E-state index contributed by atoms with van der Waals surface area (Å²) in [5.74, 6) is -0.129. The molecule has 2 heteroatoms. The molecule has 0 fully saturated rings. The van der Waals surface area contributed by atoms with Crippen LogP contribution in [-0.2, 0) is 9.53 Å². The first kappa shape index (κ1) is 16.9. The van der Waals surface area contributed by atoms with E-state index < -0.39 is 0 Å². The minimum Gasteiger partial charge on any atom is -0.465 e. The van der Waals surface area contributed by atoms with E-state index in [-0.39, 0.29) is 5.97 Å². The standard InChI is InChI=1S/C16H28O2/c1-3-5-7-8-9-10-11-13-15-18-16(17)14-12-6-4-2/h6,10-12H,3-5,7-9,13-15H2,1-2H3/b11-10-,12-6+. The summed E-state index contributed by atoms with van der Waals surface area (Å²) in [4.78, 5) is 11.2. The quantitative estimate of drug-likeness (QED) is 0.300. The number of esters is 1. The van der Waals surface area contributed by atoms with Crippen molar-refractivity contribution in [1.29, 1.82) is 0 Å². The Morgan fingerprint density at radius 1 is 0.944 bits per heavy atom. The maximum absolute atomic E-state index is 11.2. The number of rotatable bonds is 11. The highest BCUT2D eigenvalue weighted by Gasteiger charge is 1.97. The third kappa shape index (κ3) is 13.0. The normalized spacial score (nSPS) is 11.4. The summed E-state index contributed by atoms with van der Waals surface area (Å²) in [5, 5.41) is 0. The van der Waals surface area contributed by atoms with Crippen molar-refractivity contribution in [3.63, 3.8) is 0 Å². The highest BCUT2D eigenvalue weighted by molar-refractivity contribution is 5.71. The van der Waals surface area contributed by atoms with Gasteiger partial charge in [0.05, 0.1) is 13.0 Å². The van der Waals surface area contributed by atoms with Gasteiger partial charge in [-0.25, -0.2) is 0 Å². The fourth-order valence-corrected chi connectivity index (χ4v) is 1.57. The van der Waals surface area contributed by atoms with Crippen LogP contribution in [0.3, 0.4) is 0 Å². The van der Waals surface area contributed by atoms with Crippen molar-refractivity contribution in [2.24, 2.45) is 0 Å². The fraction of sp³-hybridized carbons (Fsp3) is 0.688. The van der Waals surface area contributed by atoms with E-state index in [1.54, 1.807) is 0 Å². The van der Waals surface area contributed by atoms with E-state index in [0.717, 1.165) is 19.3 Å². The zero-order valence-electron chi connectivity index (χ0n) is 12.0. The molecule has 0 amide bonds. The van der Waals surface area contributed by atoms with Gasteiger partial charge in [0.15, 0.2) is 0 Å². The van der Waals surface area contributed by atoms with Gasteiger partial charge in [0, 0.05) is 0 Å². The van der Waals surface area contributed by atoms with Crippen LogP contribution in [0.1, 0.15) is 65.2 Å². The van der Waals surface area contributed by atoms with Crippen molar-refractivity contribution < 1.29 is 9.53 Å². The smallest absolute Gasteiger partial charge is 0.309 e. The van der Waals surface area contributed by atoms with Crippen LogP contribution in [0.5, 0.6) is 0 Å². The maximum atomic E-state index is 11.2. The lowest BCUT2D eigenvalue weighted by Gasteiger charge is -2.00. The lowest BCUT2D eigenvalue weighted by molar-refractivity contribution is -0.142. The molecule has 0 atom stereocenters. The van der Waals surface area contributed by atoms with Gasteiger partial charge in [-0.05, 0) is 25.7 Å². The molecular weight excluding hydrogens is 224 g/mol. The van der Waals surface area contributed by atoms with E-state index in [1.165, 1.54) is 25.7 Å². The molecule has 0 radical (unpaired) electrons. The average molecular weight is 252 g/mol. The van der Waals surface area contributed by atoms with Crippen molar-refractivity contribution in [3.05, 3.63) is 24.3 Å². The van der Waals surface area contributed by atoms with Crippen LogP contribution in [0.4, 0.5) is 0 Å². The molecule has 0 unspecified atom stereocenters. The predicted octanol–water partition coefficient (Wildman–Crippen LogP) is 4.80. The molecule has 0 aromatic rings. The monoisotopic (exact) mass is 252 g/mol. The molecule has 0 spiro atoms. The molecule has 0 saturated carbocycles. The Bertz CT molecular complexity index is 241. The van der Waals surface area contributed by atoms with E-state index in [9.17, 15) is 4.79 Å². The Hall–Kier alpha value is -1.05. The number of hydrogen-bond acceptors (Lipinski definition) is 2. The topological polar surface area (TPSA) is 26.3 Å². The average Bonchev–Trinajstić information content (AvgIpc) is 2.37. The van der Waals surface area contributed by atoms with Crippen molar-refractivity contribution in [1.82, 2.24) is 0 Å². The van der Waals surface area contributed by atoms with Gasteiger partial charge in [0.2, 0.25) is 0 Å². The van der Waals surface area contributed by atoms with E-state index in [2.05, 4.69) is 19.1 Å². The molecule has 0 aromatic heterocycles. The van der Waals surface area contributed by atoms with Crippen LogP contribution in [0.2, 0.25) is 0 Å². The van der Waals surface area contributed by atoms with Crippen molar-refractivity contribution in [2.45, 2.75) is 65.2 Å². The second-order valence-corrected chi connectivity index (χ2v) is 4.41. The Morgan fingerprint density at radius 2 is 1.72 bits per heavy atom. The van der Waals surface area contributed by atoms with E-state index >= 15 is 0 Å². The summed E-state index contributed by atoms with van der Waals surface area (Å²) in [5.41, 5.74) is 0. The molecule has 0 aromatic carbocycles. The summed E-state index contributed by atoms with van der Waals surface area (Å²) in [6, 6.07) is 0. The van der Waals surface area contributed by atoms with E-state index in [0.29, 0.717) is 13.0 Å². The predicted molar refractivity (Wildman–Crippen MR) is 77.5 cm³/mol. The van der Waals surface area contributed by atoms with Gasteiger partial charge in [-0.3, -0.25) is 4.79 Å². The van der Waals surface area contributed by atoms with Gasteiger partial charge >= 0.3 is 5.97 Å². The molecule has 18 heavy (non-hydrogen) atoms. The van der Waals surface area contributed by atoms with Crippen LogP contribution in [0, 0.1) is 0 Å². The Morgan fingerprint density at radius 3 is 2.44 bits per heavy atom. The maximum Gasteiger partial charge on any atom is 0.309 e. The number of carbonyl (C=O) groups is 1. The second kappa shape index (κ2) is 14.0. The Balaban J connectivity index is 3.30. The zero-order chi connectivity index (χ0) is 13.5. The van der Waals surface area contributed by atoms with Crippen LogP contribution in [-0.4, -0.2) is 12.6 Å². The van der Waals surface area contributed by atoms with Crippen LogP contribution >= 0.6 is 0 Å². The summed E-state index contributed by atoms with van der Waals surface area (Å²) >= 11 is 0. The van der Waals surface area contributed by atoms with Crippen molar-refractivity contribution in [3.8, 4) is 0 Å². The number of carbonyl (C=O) groups excluding carboxylic acids is 1. The SMILES string of the molecule is CC/C=C/CC(=O)OCC/C=C\CCCCCC. The fourth-order valence-electron chi connectivity index (χ4n) is 1.57. The molecule has 0 aliphatic carbocycles. The zero-order valence-corrected chi connectivity index (χ0v) is 12.0. The largest absolute Gasteiger partial charge is 0.465 e. The summed E-state index contributed by atoms with van der Waals surface area (Å²) in [6.07, 6.45) is 16.7.